The molecule has 1 aromatic rings. The van der Waals surface area contributed by atoms with Crippen LogP contribution in [0.5, 0.6) is 0 Å². The fraction of sp³-hybridized carbons (Fsp3) is 0.526. The van der Waals surface area contributed by atoms with Gasteiger partial charge in [-0.25, -0.2) is 9.59 Å². The van der Waals surface area contributed by atoms with Gasteiger partial charge in [-0.1, -0.05) is 25.0 Å². The molecule has 1 aromatic carbocycles. The van der Waals surface area contributed by atoms with Crippen LogP contribution in [0.25, 0.3) is 0 Å². The summed E-state index contributed by atoms with van der Waals surface area (Å²) in [7, 11) is 1.41. The number of aromatic carboxylic acids is 1. The van der Waals surface area contributed by atoms with E-state index in [4.69, 9.17) is 9.84 Å². The number of rotatable bonds is 4. The highest BCUT2D eigenvalue weighted by molar-refractivity contribution is 5.87. The zero-order valence-electron chi connectivity index (χ0n) is 14.9. The summed E-state index contributed by atoms with van der Waals surface area (Å²) in [6.07, 6.45) is 3.77. The number of hydrogen-bond acceptors (Lipinski definition) is 4. The summed E-state index contributed by atoms with van der Waals surface area (Å²) in [5.74, 6) is -1.03. The number of carboxylic acids is 1. The summed E-state index contributed by atoms with van der Waals surface area (Å²) < 4.78 is 5.04. The van der Waals surface area contributed by atoms with E-state index in [2.05, 4.69) is 5.32 Å². The number of esters is 1. The van der Waals surface area contributed by atoms with E-state index in [1.165, 1.54) is 19.2 Å². The molecule has 0 unspecified atom stereocenters. The van der Waals surface area contributed by atoms with Crippen LogP contribution in [-0.2, 0) is 16.1 Å². The predicted octanol–water partition coefficient (Wildman–Crippen LogP) is 2.26. The van der Waals surface area contributed by atoms with Crippen molar-refractivity contribution in [1.82, 2.24) is 10.2 Å². The average molecular weight is 360 g/mol. The van der Waals surface area contributed by atoms with E-state index in [0.717, 1.165) is 31.2 Å². The van der Waals surface area contributed by atoms with Crippen LogP contribution in [0.15, 0.2) is 24.3 Å². The Morgan fingerprint density at radius 3 is 2.65 bits per heavy atom. The molecule has 0 bridgehead atoms. The standard InChI is InChI=1S/C19H24N2O5/c1-26-17(24)19-9-3-2-4-15(19)11-21(12-19)18(25)20-10-13-5-7-14(8-6-13)16(22)23/h5-8,15H,2-4,9-12H2,1H3,(H,20,25)(H,22,23)/t15-,19-/m1/s1. The van der Waals surface area contributed by atoms with Gasteiger partial charge < -0.3 is 20.1 Å². The van der Waals surface area contributed by atoms with E-state index in [-0.39, 0.29) is 23.5 Å². The van der Waals surface area contributed by atoms with E-state index < -0.39 is 11.4 Å². The molecule has 2 aliphatic rings. The zero-order chi connectivity index (χ0) is 18.7. The van der Waals surface area contributed by atoms with Gasteiger partial charge in [-0.2, -0.15) is 0 Å². The van der Waals surface area contributed by atoms with Crippen molar-refractivity contribution in [2.75, 3.05) is 20.2 Å². The highest BCUT2D eigenvalue weighted by atomic mass is 16.5. The van der Waals surface area contributed by atoms with Gasteiger partial charge in [0.05, 0.1) is 18.1 Å². The third-order valence-corrected chi connectivity index (χ3v) is 5.64. The summed E-state index contributed by atoms with van der Waals surface area (Å²) in [5, 5.41) is 11.8. The molecular formula is C19H24N2O5. The quantitative estimate of drug-likeness (QED) is 0.803. The van der Waals surface area contributed by atoms with Gasteiger partial charge in [0.2, 0.25) is 0 Å². The molecule has 1 saturated heterocycles. The second-order valence-electron chi connectivity index (χ2n) is 7.13. The van der Waals surface area contributed by atoms with Crippen molar-refractivity contribution in [2.24, 2.45) is 11.3 Å². The number of carboxylic acid groups (broad SMARTS) is 1. The third-order valence-electron chi connectivity index (χ3n) is 5.64. The van der Waals surface area contributed by atoms with Gasteiger partial charge in [-0.05, 0) is 36.5 Å². The van der Waals surface area contributed by atoms with E-state index in [0.29, 0.717) is 19.6 Å². The second-order valence-corrected chi connectivity index (χ2v) is 7.13. The highest BCUT2D eigenvalue weighted by Gasteiger charge is 2.54. The van der Waals surface area contributed by atoms with Crippen molar-refractivity contribution >= 4 is 18.0 Å². The molecule has 1 heterocycles. The number of ether oxygens (including phenoxy) is 1. The monoisotopic (exact) mass is 360 g/mol. The van der Waals surface area contributed by atoms with Crippen LogP contribution in [0.3, 0.4) is 0 Å². The van der Waals surface area contributed by atoms with Crippen LogP contribution in [0.1, 0.15) is 41.6 Å². The van der Waals surface area contributed by atoms with Crippen LogP contribution in [0.2, 0.25) is 0 Å². The Hall–Kier alpha value is -2.57. The molecule has 2 N–H and O–H groups in total. The Labute approximate surface area is 152 Å². The normalized spacial score (nSPS) is 24.7. The minimum absolute atomic E-state index is 0.157. The molecule has 2 atom stereocenters. The lowest BCUT2D eigenvalue weighted by atomic mass is 9.68. The molecule has 1 saturated carbocycles. The number of nitrogens with one attached hydrogen (secondary N) is 1. The first kappa shape index (κ1) is 18.2. The van der Waals surface area contributed by atoms with Crippen molar-refractivity contribution in [3.63, 3.8) is 0 Å². The number of likely N-dealkylation sites (tertiary alicyclic amines) is 1. The minimum atomic E-state index is -0.978. The van der Waals surface area contributed by atoms with E-state index in [9.17, 15) is 14.4 Å². The minimum Gasteiger partial charge on any atom is -0.478 e. The van der Waals surface area contributed by atoms with Crippen molar-refractivity contribution in [3.05, 3.63) is 35.4 Å². The Balaban J connectivity index is 1.61. The number of fused-ring (bicyclic) bond motifs is 1. The van der Waals surface area contributed by atoms with Crippen LogP contribution in [-0.4, -0.2) is 48.2 Å². The SMILES string of the molecule is COC(=O)[C@@]12CCCC[C@@H]1CN(C(=O)NCc1ccc(C(=O)O)cc1)C2. The Morgan fingerprint density at radius 2 is 2.00 bits per heavy atom. The maximum atomic E-state index is 12.6. The zero-order valence-corrected chi connectivity index (χ0v) is 14.9. The number of nitrogens with zero attached hydrogens (tertiary/aromatic N) is 1. The summed E-state index contributed by atoms with van der Waals surface area (Å²) in [5.41, 5.74) is 0.472. The fourth-order valence-electron chi connectivity index (χ4n) is 4.20. The molecule has 26 heavy (non-hydrogen) atoms. The predicted molar refractivity (Wildman–Crippen MR) is 93.6 cm³/mol. The molecule has 0 spiro atoms. The second kappa shape index (κ2) is 7.35. The van der Waals surface area contributed by atoms with E-state index in [1.807, 2.05) is 0 Å². The Kier molecular flexibility index (Phi) is 5.15. The molecule has 0 aromatic heterocycles. The molecule has 1 aliphatic heterocycles. The highest BCUT2D eigenvalue weighted by Crippen LogP contribution is 2.47. The average Bonchev–Trinajstić information content (AvgIpc) is 3.06. The maximum Gasteiger partial charge on any atom is 0.335 e. The molecule has 7 heteroatoms. The smallest absolute Gasteiger partial charge is 0.335 e. The van der Waals surface area contributed by atoms with Crippen molar-refractivity contribution in [3.8, 4) is 0 Å². The number of benzene rings is 1. The van der Waals surface area contributed by atoms with Gasteiger partial charge in [0.25, 0.3) is 0 Å². The van der Waals surface area contributed by atoms with Crippen LogP contribution < -0.4 is 5.32 Å². The van der Waals surface area contributed by atoms with Gasteiger partial charge in [-0.3, -0.25) is 4.79 Å². The first-order valence-corrected chi connectivity index (χ1v) is 8.90. The summed E-state index contributed by atoms with van der Waals surface area (Å²) in [6.45, 7) is 1.28. The first-order chi connectivity index (χ1) is 12.5. The molecule has 7 nitrogen and oxygen atoms in total. The number of methoxy groups -OCH3 is 1. The lowest BCUT2D eigenvalue weighted by Gasteiger charge is -2.35. The molecule has 2 fully saturated rings. The summed E-state index contributed by atoms with van der Waals surface area (Å²) in [4.78, 5) is 37.5. The number of hydrogen-bond donors (Lipinski definition) is 2. The fourth-order valence-corrected chi connectivity index (χ4v) is 4.20. The van der Waals surface area contributed by atoms with E-state index in [1.54, 1.807) is 17.0 Å². The van der Waals surface area contributed by atoms with Crippen molar-refractivity contribution in [1.29, 1.82) is 0 Å². The Bertz CT molecular complexity index is 702. The number of amides is 2. The summed E-state index contributed by atoms with van der Waals surface area (Å²) in [6, 6.07) is 6.19. The van der Waals surface area contributed by atoms with Crippen LogP contribution in [0.4, 0.5) is 4.79 Å². The lowest BCUT2D eigenvalue weighted by Crippen LogP contribution is -2.43. The molecule has 2 amide bonds. The largest absolute Gasteiger partial charge is 0.478 e. The molecule has 140 valence electrons. The van der Waals surface area contributed by atoms with Crippen LogP contribution in [0, 0.1) is 11.3 Å². The number of urea groups is 1. The Morgan fingerprint density at radius 1 is 1.27 bits per heavy atom. The molecule has 0 radical (unpaired) electrons. The van der Waals surface area contributed by atoms with Crippen LogP contribution >= 0.6 is 0 Å². The lowest BCUT2D eigenvalue weighted by molar-refractivity contribution is -0.156. The van der Waals surface area contributed by atoms with Crippen molar-refractivity contribution < 1.29 is 24.2 Å². The number of carbonyl (C=O) groups is 3. The van der Waals surface area contributed by atoms with Gasteiger partial charge >= 0.3 is 18.0 Å². The van der Waals surface area contributed by atoms with Gasteiger partial charge in [0.1, 0.15) is 0 Å². The number of carbonyl (C=O) groups excluding carboxylic acids is 2. The summed E-state index contributed by atoms with van der Waals surface area (Å²) >= 11 is 0. The van der Waals surface area contributed by atoms with Gasteiger partial charge in [-0.15, -0.1) is 0 Å². The van der Waals surface area contributed by atoms with E-state index >= 15 is 0 Å². The maximum absolute atomic E-state index is 12.6. The van der Waals surface area contributed by atoms with Crippen molar-refractivity contribution in [2.45, 2.75) is 32.2 Å². The molecular weight excluding hydrogens is 336 g/mol. The molecule has 3 rings (SSSR count). The van der Waals surface area contributed by atoms with Gasteiger partial charge in [0, 0.05) is 19.6 Å². The van der Waals surface area contributed by atoms with Gasteiger partial charge in [0.15, 0.2) is 0 Å². The third kappa shape index (κ3) is 3.38. The topological polar surface area (TPSA) is 95.9 Å². The first-order valence-electron chi connectivity index (χ1n) is 8.90. The molecule has 1 aliphatic carbocycles.